The molecule has 0 aliphatic rings. The summed E-state index contributed by atoms with van der Waals surface area (Å²) in [4.78, 5) is 20.7. The first kappa shape index (κ1) is 28.3. The molecular formula is C26H30FN7O3S. The van der Waals surface area contributed by atoms with Gasteiger partial charge in [0.15, 0.2) is 9.84 Å². The molecule has 3 aromatic rings. The van der Waals surface area contributed by atoms with Crippen molar-refractivity contribution in [1.29, 1.82) is 5.41 Å². The zero-order valence-corrected chi connectivity index (χ0v) is 22.3. The third-order valence-corrected chi connectivity index (χ3v) is 6.98. The molecule has 10 nitrogen and oxygen atoms in total. The van der Waals surface area contributed by atoms with Crippen molar-refractivity contribution in [3.8, 4) is 0 Å². The van der Waals surface area contributed by atoms with Gasteiger partial charge in [-0.1, -0.05) is 13.0 Å². The van der Waals surface area contributed by atoms with E-state index in [1.54, 1.807) is 13.1 Å². The van der Waals surface area contributed by atoms with E-state index >= 15 is 0 Å². The second kappa shape index (κ2) is 11.4. The Morgan fingerprint density at radius 3 is 2.39 bits per heavy atom. The lowest BCUT2D eigenvalue weighted by Gasteiger charge is -2.21. The van der Waals surface area contributed by atoms with Crippen molar-refractivity contribution in [2.75, 3.05) is 22.1 Å². The number of allylic oxidation sites excluding steroid dienone is 1. The lowest BCUT2D eigenvalue weighted by molar-refractivity contribution is 0.262. The van der Waals surface area contributed by atoms with E-state index in [-0.39, 0.29) is 39.2 Å². The van der Waals surface area contributed by atoms with Gasteiger partial charge in [-0.2, -0.15) is 0 Å². The summed E-state index contributed by atoms with van der Waals surface area (Å²) in [5.74, 6) is -0.720. The van der Waals surface area contributed by atoms with E-state index in [4.69, 9.17) is 11.1 Å². The number of nitrogens with one attached hydrogen (secondary N) is 4. The zero-order valence-electron chi connectivity index (χ0n) is 21.5. The molecule has 2 aromatic carbocycles. The van der Waals surface area contributed by atoms with Gasteiger partial charge in [-0.3, -0.25) is 5.41 Å². The lowest BCUT2D eigenvalue weighted by atomic mass is 9.98. The van der Waals surface area contributed by atoms with Gasteiger partial charge in [0.05, 0.1) is 27.7 Å². The Labute approximate surface area is 221 Å². The van der Waals surface area contributed by atoms with E-state index in [2.05, 4.69) is 25.9 Å². The number of nitrogens with zero attached hydrogens (tertiary/aromatic N) is 2. The van der Waals surface area contributed by atoms with Crippen LogP contribution in [0.4, 0.5) is 26.5 Å². The molecular weight excluding hydrogens is 509 g/mol. The number of sulfone groups is 1. The molecule has 12 heteroatoms. The summed E-state index contributed by atoms with van der Waals surface area (Å²) in [6, 6.07) is 10.6. The number of hydrogen-bond donors (Lipinski definition) is 5. The van der Waals surface area contributed by atoms with Crippen LogP contribution in [0.2, 0.25) is 0 Å². The highest BCUT2D eigenvalue weighted by Crippen LogP contribution is 2.25. The number of benzene rings is 2. The Morgan fingerprint density at radius 1 is 1.11 bits per heavy atom. The number of rotatable bonds is 8. The first-order valence-corrected chi connectivity index (χ1v) is 13.3. The van der Waals surface area contributed by atoms with E-state index in [0.717, 1.165) is 0 Å². The Hall–Kier alpha value is -4.32. The second-order valence-electron chi connectivity index (χ2n) is 9.33. The molecule has 200 valence electrons. The van der Waals surface area contributed by atoms with E-state index < -0.39 is 21.7 Å². The van der Waals surface area contributed by atoms with Crippen LogP contribution in [0.3, 0.4) is 0 Å². The molecule has 0 saturated carbocycles. The molecule has 1 aromatic heterocycles. The van der Waals surface area contributed by atoms with E-state index in [1.807, 2.05) is 20.8 Å². The van der Waals surface area contributed by atoms with Gasteiger partial charge in [0.25, 0.3) is 0 Å². The van der Waals surface area contributed by atoms with Gasteiger partial charge in [0, 0.05) is 29.2 Å². The number of halogens is 1. The van der Waals surface area contributed by atoms with Crippen molar-refractivity contribution in [1.82, 2.24) is 15.3 Å². The van der Waals surface area contributed by atoms with Crippen LogP contribution in [0.15, 0.2) is 65.8 Å². The highest BCUT2D eigenvalue weighted by Gasteiger charge is 2.18. The van der Waals surface area contributed by atoms with Crippen molar-refractivity contribution in [3.63, 3.8) is 0 Å². The molecule has 1 heterocycles. The SMILES string of the molecule is CCS(=O)(=O)c1ccc(NC(=O)Nc2cc(/C(=C/NC(C)(C)C)C(=N)c3ccnc(N)n3)ccc2F)cc1. The topological polar surface area (TPSA) is 163 Å². The molecule has 0 aliphatic heterocycles. The van der Waals surface area contributed by atoms with Crippen LogP contribution >= 0.6 is 0 Å². The predicted octanol–water partition coefficient (Wildman–Crippen LogP) is 4.43. The standard InChI is InChI=1S/C26H30FN7O3S/c1-5-38(36,37)18-9-7-17(8-10-18)32-25(35)34-22-14-16(6-11-20(22)27)19(15-31-26(2,3)4)23(28)21-12-13-30-24(29)33-21/h6-15,28,31H,5H2,1-4H3,(H2,29,30,33)(H2,32,34,35)/b19-15-,28-23?. The monoisotopic (exact) mass is 539 g/mol. The Morgan fingerprint density at radius 2 is 1.79 bits per heavy atom. The quantitative estimate of drug-likeness (QED) is 0.264. The molecule has 0 aliphatic carbocycles. The molecule has 0 saturated heterocycles. The van der Waals surface area contributed by atoms with Gasteiger partial charge >= 0.3 is 6.03 Å². The first-order valence-electron chi connectivity index (χ1n) is 11.7. The minimum absolute atomic E-state index is 0.00818. The molecule has 3 rings (SSSR count). The highest BCUT2D eigenvalue weighted by atomic mass is 32.2. The Balaban J connectivity index is 1.87. The van der Waals surface area contributed by atoms with Crippen molar-refractivity contribution < 1.29 is 17.6 Å². The molecule has 0 radical (unpaired) electrons. The number of carbonyl (C=O) groups is 1. The average molecular weight is 540 g/mol. The van der Waals surface area contributed by atoms with E-state index in [0.29, 0.717) is 16.8 Å². The zero-order chi connectivity index (χ0) is 28.1. The summed E-state index contributed by atoms with van der Waals surface area (Å²) in [5.41, 5.74) is 6.67. The van der Waals surface area contributed by atoms with Crippen molar-refractivity contribution in [2.24, 2.45) is 0 Å². The van der Waals surface area contributed by atoms with Gasteiger partial charge in [0.2, 0.25) is 5.95 Å². The van der Waals surface area contributed by atoms with Crippen LogP contribution in [-0.2, 0) is 9.84 Å². The number of amides is 2. The summed E-state index contributed by atoms with van der Waals surface area (Å²) >= 11 is 0. The molecule has 38 heavy (non-hydrogen) atoms. The smallest absolute Gasteiger partial charge is 0.323 e. The van der Waals surface area contributed by atoms with Crippen LogP contribution in [-0.4, -0.2) is 41.4 Å². The number of aromatic nitrogens is 2. The van der Waals surface area contributed by atoms with Gasteiger partial charge < -0.3 is 21.7 Å². The number of anilines is 3. The molecule has 6 N–H and O–H groups in total. The number of hydrogen-bond acceptors (Lipinski definition) is 8. The minimum atomic E-state index is -3.37. The number of carbonyl (C=O) groups excluding carboxylic acids is 1. The number of nitrogen functional groups attached to an aromatic ring is 1. The maximum atomic E-state index is 14.7. The maximum Gasteiger partial charge on any atom is 0.323 e. The lowest BCUT2D eigenvalue weighted by Crippen LogP contribution is -2.32. The molecule has 2 amide bonds. The van der Waals surface area contributed by atoms with Crippen molar-refractivity contribution in [3.05, 3.63) is 78.0 Å². The Kier molecular flexibility index (Phi) is 8.46. The largest absolute Gasteiger partial charge is 0.386 e. The summed E-state index contributed by atoms with van der Waals surface area (Å²) in [7, 11) is -3.37. The number of nitrogens with two attached hydrogens (primary N) is 1. The molecule has 0 bridgehead atoms. The molecule has 0 unspecified atom stereocenters. The maximum absolute atomic E-state index is 14.7. The van der Waals surface area contributed by atoms with Crippen molar-refractivity contribution in [2.45, 2.75) is 38.1 Å². The first-order chi connectivity index (χ1) is 17.8. The molecule has 0 spiro atoms. The predicted molar refractivity (Wildman–Crippen MR) is 147 cm³/mol. The summed E-state index contributed by atoms with van der Waals surface area (Å²) in [5, 5.41) is 16.9. The van der Waals surface area contributed by atoms with Crippen LogP contribution in [0.25, 0.3) is 5.57 Å². The fourth-order valence-electron chi connectivity index (χ4n) is 3.23. The van der Waals surface area contributed by atoms with Crippen molar-refractivity contribution >= 4 is 44.5 Å². The van der Waals surface area contributed by atoms with Crippen LogP contribution in [0.5, 0.6) is 0 Å². The van der Waals surface area contributed by atoms with Gasteiger partial charge in [-0.05, 0) is 68.8 Å². The normalized spacial score (nSPS) is 12.1. The number of urea groups is 1. The van der Waals surface area contributed by atoms with Gasteiger partial charge in [0.1, 0.15) is 5.82 Å². The summed E-state index contributed by atoms with van der Waals surface area (Å²) in [6.07, 6.45) is 3.07. The van der Waals surface area contributed by atoms with E-state index in [1.165, 1.54) is 54.7 Å². The van der Waals surface area contributed by atoms with Crippen LogP contribution in [0, 0.1) is 11.2 Å². The van der Waals surface area contributed by atoms with Gasteiger partial charge in [-0.15, -0.1) is 0 Å². The summed E-state index contributed by atoms with van der Waals surface area (Å²) < 4.78 is 38.6. The fraction of sp³-hybridized carbons (Fsp3) is 0.231. The fourth-order valence-corrected chi connectivity index (χ4v) is 4.11. The molecule has 0 fully saturated rings. The van der Waals surface area contributed by atoms with Gasteiger partial charge in [-0.25, -0.2) is 27.6 Å². The third kappa shape index (κ3) is 7.35. The average Bonchev–Trinajstić information content (AvgIpc) is 2.85. The minimum Gasteiger partial charge on any atom is -0.386 e. The second-order valence-corrected chi connectivity index (χ2v) is 11.6. The summed E-state index contributed by atoms with van der Waals surface area (Å²) in [6.45, 7) is 7.38. The highest BCUT2D eigenvalue weighted by molar-refractivity contribution is 7.91. The Bertz CT molecular complexity index is 1480. The van der Waals surface area contributed by atoms with Crippen LogP contribution in [0.1, 0.15) is 39.0 Å². The van der Waals surface area contributed by atoms with Crippen LogP contribution < -0.4 is 21.7 Å². The molecule has 0 atom stereocenters. The van der Waals surface area contributed by atoms with E-state index in [9.17, 15) is 17.6 Å². The third-order valence-electron chi connectivity index (χ3n) is 5.23.